The van der Waals surface area contributed by atoms with Crippen LogP contribution in [-0.4, -0.2) is 27.5 Å². The number of aromatic nitrogens is 2. The second-order valence-electron chi connectivity index (χ2n) is 4.95. The van der Waals surface area contributed by atoms with Gasteiger partial charge in [0.2, 0.25) is 5.91 Å². The number of nitrogens with one attached hydrogen (secondary N) is 1. The molecule has 0 radical (unpaired) electrons. The van der Waals surface area contributed by atoms with Crippen molar-refractivity contribution in [2.24, 2.45) is 5.92 Å². The minimum Gasteiger partial charge on any atom is -0.334 e. The summed E-state index contributed by atoms with van der Waals surface area (Å²) in [6, 6.07) is 0.228. The van der Waals surface area contributed by atoms with E-state index >= 15 is 0 Å². The van der Waals surface area contributed by atoms with Crippen LogP contribution in [0.15, 0.2) is 6.20 Å². The molecule has 1 aromatic rings. The molecule has 2 heterocycles. The Morgan fingerprint density at radius 1 is 1.41 bits per heavy atom. The van der Waals surface area contributed by atoms with Crippen LogP contribution in [0.3, 0.4) is 0 Å². The van der Waals surface area contributed by atoms with Crippen LogP contribution in [0.1, 0.15) is 43.8 Å². The van der Waals surface area contributed by atoms with E-state index in [9.17, 15) is 4.79 Å². The summed E-state index contributed by atoms with van der Waals surface area (Å²) in [6.45, 7) is 0.912. The Hall–Kier alpha value is -0.590. The van der Waals surface area contributed by atoms with Gasteiger partial charge in [0.15, 0.2) is 0 Å². The zero-order chi connectivity index (χ0) is 11.8. The Bertz CT molecular complexity index is 427. The second-order valence-corrected chi connectivity index (χ2v) is 6.11. The minimum absolute atomic E-state index is 0.228. The van der Waals surface area contributed by atoms with E-state index in [2.05, 4.69) is 37.7 Å². The molecule has 1 aliphatic heterocycles. The number of hydrogen-bond donors (Lipinski definition) is 1. The Labute approximate surface area is 114 Å². The van der Waals surface area contributed by atoms with Crippen LogP contribution >= 0.6 is 22.6 Å². The second kappa shape index (κ2) is 4.59. The van der Waals surface area contributed by atoms with Crippen LogP contribution in [0.5, 0.6) is 0 Å². The number of amides is 1. The summed E-state index contributed by atoms with van der Waals surface area (Å²) in [6.07, 6.45) is 7.42. The van der Waals surface area contributed by atoms with Crippen LogP contribution in [0, 0.1) is 9.49 Å². The summed E-state index contributed by atoms with van der Waals surface area (Å²) < 4.78 is 1.14. The van der Waals surface area contributed by atoms with Gasteiger partial charge in [-0.3, -0.25) is 9.89 Å². The van der Waals surface area contributed by atoms with Gasteiger partial charge in [-0.05, 0) is 54.7 Å². The number of aromatic amines is 1. The molecule has 0 spiro atoms. The largest absolute Gasteiger partial charge is 0.334 e. The average molecular weight is 345 g/mol. The Kier molecular flexibility index (Phi) is 3.10. The minimum atomic E-state index is 0.228. The smallest absolute Gasteiger partial charge is 0.226 e. The van der Waals surface area contributed by atoms with Crippen molar-refractivity contribution in [3.05, 3.63) is 15.5 Å². The Morgan fingerprint density at radius 2 is 2.24 bits per heavy atom. The first-order chi connectivity index (χ1) is 8.27. The third-order valence-electron chi connectivity index (χ3n) is 3.67. The van der Waals surface area contributed by atoms with Crippen molar-refractivity contribution in [1.29, 1.82) is 0 Å². The van der Waals surface area contributed by atoms with Crippen LogP contribution in [0.4, 0.5) is 0 Å². The SMILES string of the molecule is O=C(C1CC1)N1CCCCC1c1[nH]ncc1I. The number of H-pyrrole nitrogens is 1. The van der Waals surface area contributed by atoms with Gasteiger partial charge in [0.25, 0.3) is 0 Å². The number of nitrogens with zero attached hydrogens (tertiary/aromatic N) is 2. The lowest BCUT2D eigenvalue weighted by atomic mass is 9.99. The molecule has 1 aliphatic carbocycles. The van der Waals surface area contributed by atoms with E-state index in [4.69, 9.17) is 0 Å². The highest BCUT2D eigenvalue weighted by atomic mass is 127. The summed E-state index contributed by atoms with van der Waals surface area (Å²) in [4.78, 5) is 14.3. The topological polar surface area (TPSA) is 49.0 Å². The van der Waals surface area contributed by atoms with E-state index in [0.29, 0.717) is 11.8 Å². The molecule has 2 fully saturated rings. The third kappa shape index (κ3) is 2.21. The number of halogens is 1. The van der Waals surface area contributed by atoms with Gasteiger partial charge in [-0.2, -0.15) is 5.10 Å². The summed E-state index contributed by atoms with van der Waals surface area (Å²) in [5.41, 5.74) is 1.12. The van der Waals surface area contributed by atoms with Gasteiger partial charge in [-0.15, -0.1) is 0 Å². The lowest BCUT2D eigenvalue weighted by molar-refractivity contribution is -0.136. The maximum Gasteiger partial charge on any atom is 0.226 e. The highest BCUT2D eigenvalue weighted by Gasteiger charge is 2.38. The summed E-state index contributed by atoms with van der Waals surface area (Å²) >= 11 is 2.29. The van der Waals surface area contributed by atoms with E-state index < -0.39 is 0 Å². The molecule has 4 nitrogen and oxygen atoms in total. The zero-order valence-electron chi connectivity index (χ0n) is 9.66. The van der Waals surface area contributed by atoms with E-state index in [-0.39, 0.29) is 6.04 Å². The van der Waals surface area contributed by atoms with Crippen LogP contribution < -0.4 is 0 Å². The molecule has 1 saturated carbocycles. The molecule has 1 unspecified atom stereocenters. The lowest BCUT2D eigenvalue weighted by Crippen LogP contribution is -2.39. The van der Waals surface area contributed by atoms with Crippen molar-refractivity contribution < 1.29 is 4.79 Å². The molecular weight excluding hydrogens is 329 g/mol. The number of carbonyl (C=O) groups is 1. The van der Waals surface area contributed by atoms with Crippen molar-refractivity contribution >= 4 is 28.5 Å². The van der Waals surface area contributed by atoms with E-state index in [0.717, 1.165) is 41.5 Å². The van der Waals surface area contributed by atoms with Crippen molar-refractivity contribution in [3.8, 4) is 0 Å². The predicted molar refractivity (Wildman–Crippen MR) is 72.3 cm³/mol. The van der Waals surface area contributed by atoms with Crippen molar-refractivity contribution in [2.45, 2.75) is 38.1 Å². The van der Waals surface area contributed by atoms with Crippen LogP contribution in [-0.2, 0) is 4.79 Å². The highest BCUT2D eigenvalue weighted by molar-refractivity contribution is 14.1. The first-order valence-electron chi connectivity index (χ1n) is 6.26. The number of carbonyl (C=O) groups excluding carboxylic acids is 1. The summed E-state index contributed by atoms with van der Waals surface area (Å²) in [7, 11) is 0. The maximum atomic E-state index is 12.3. The summed E-state index contributed by atoms with van der Waals surface area (Å²) in [5.74, 6) is 0.677. The molecule has 17 heavy (non-hydrogen) atoms. The molecule has 1 N–H and O–H groups in total. The van der Waals surface area contributed by atoms with Gasteiger partial charge in [-0.25, -0.2) is 0 Å². The van der Waals surface area contributed by atoms with Gasteiger partial charge >= 0.3 is 0 Å². The fourth-order valence-electron chi connectivity index (χ4n) is 2.58. The predicted octanol–water partition coefficient (Wildman–Crippen LogP) is 2.48. The van der Waals surface area contributed by atoms with E-state index in [1.807, 2.05) is 6.20 Å². The number of rotatable bonds is 2. The number of hydrogen-bond acceptors (Lipinski definition) is 2. The van der Waals surface area contributed by atoms with Gasteiger partial charge in [0.05, 0.1) is 21.5 Å². The van der Waals surface area contributed by atoms with Crippen molar-refractivity contribution in [1.82, 2.24) is 15.1 Å². The van der Waals surface area contributed by atoms with Gasteiger partial charge in [0, 0.05) is 12.5 Å². The van der Waals surface area contributed by atoms with Crippen LogP contribution in [0.2, 0.25) is 0 Å². The molecule has 92 valence electrons. The Morgan fingerprint density at radius 3 is 2.88 bits per heavy atom. The molecule has 1 atom stereocenters. The fourth-order valence-corrected chi connectivity index (χ4v) is 3.19. The molecule has 1 aromatic heterocycles. The van der Waals surface area contributed by atoms with Crippen molar-refractivity contribution in [2.75, 3.05) is 6.54 Å². The molecule has 2 aliphatic rings. The maximum absolute atomic E-state index is 12.3. The molecule has 0 bridgehead atoms. The van der Waals surface area contributed by atoms with Crippen LogP contribution in [0.25, 0.3) is 0 Å². The van der Waals surface area contributed by atoms with E-state index in [1.165, 1.54) is 6.42 Å². The van der Waals surface area contributed by atoms with Gasteiger partial charge in [0.1, 0.15) is 0 Å². The Balaban J connectivity index is 1.84. The monoisotopic (exact) mass is 345 g/mol. The molecule has 0 aromatic carbocycles. The quantitative estimate of drug-likeness (QED) is 0.838. The number of piperidine rings is 1. The molecular formula is C12H16IN3O. The molecule has 1 amide bonds. The zero-order valence-corrected chi connectivity index (χ0v) is 11.8. The van der Waals surface area contributed by atoms with Gasteiger partial charge < -0.3 is 4.90 Å². The van der Waals surface area contributed by atoms with E-state index in [1.54, 1.807) is 0 Å². The van der Waals surface area contributed by atoms with Crippen molar-refractivity contribution in [3.63, 3.8) is 0 Å². The number of likely N-dealkylation sites (tertiary alicyclic amines) is 1. The molecule has 1 saturated heterocycles. The molecule has 3 rings (SSSR count). The first-order valence-corrected chi connectivity index (χ1v) is 7.34. The first kappa shape index (κ1) is 11.5. The standard InChI is InChI=1S/C12H16IN3O/c13-9-7-14-15-11(9)10-3-1-2-6-16(10)12(17)8-4-5-8/h7-8,10H,1-6H2,(H,14,15). The third-order valence-corrected chi connectivity index (χ3v) is 4.53. The summed E-state index contributed by atoms with van der Waals surface area (Å²) in [5, 5.41) is 7.15. The highest BCUT2D eigenvalue weighted by Crippen LogP contribution is 2.38. The molecule has 5 heteroatoms. The van der Waals surface area contributed by atoms with Gasteiger partial charge in [-0.1, -0.05) is 0 Å². The fraction of sp³-hybridized carbons (Fsp3) is 0.667. The average Bonchev–Trinajstić information content (AvgIpc) is 3.11. The normalized spacial score (nSPS) is 25.0. The lowest BCUT2D eigenvalue weighted by Gasteiger charge is -2.35.